The normalized spacial score (nSPS) is 31.6. The van der Waals surface area contributed by atoms with Crippen molar-refractivity contribution in [1.29, 1.82) is 0 Å². The first-order valence-corrected chi connectivity index (χ1v) is 9.34. The average Bonchev–Trinajstić information content (AvgIpc) is 2.68. The van der Waals surface area contributed by atoms with Crippen LogP contribution in [-0.2, 0) is 17.2 Å². The molecule has 2 unspecified atom stereocenters. The van der Waals surface area contributed by atoms with Gasteiger partial charge in [-0.25, -0.2) is 0 Å². The highest BCUT2D eigenvalue weighted by Gasteiger charge is 2.42. The summed E-state index contributed by atoms with van der Waals surface area (Å²) >= 11 is 0. The van der Waals surface area contributed by atoms with Crippen LogP contribution in [0.4, 0.5) is 0 Å². The Morgan fingerprint density at radius 3 is 2.24 bits per heavy atom. The molecule has 0 amide bonds. The second-order valence-electron chi connectivity index (χ2n) is 6.98. The van der Waals surface area contributed by atoms with Crippen LogP contribution in [0.5, 0.6) is 0 Å². The second-order valence-corrected chi connectivity index (χ2v) is 8.97. The Morgan fingerprint density at radius 2 is 1.71 bits per heavy atom. The van der Waals surface area contributed by atoms with E-state index in [4.69, 9.17) is 0 Å². The van der Waals surface area contributed by atoms with Crippen LogP contribution >= 0.6 is 0 Å². The van der Waals surface area contributed by atoms with Gasteiger partial charge in [0.15, 0.2) is 5.78 Å². The maximum absolute atomic E-state index is 12.7. The number of carbonyl (C=O) groups excluding carboxylic acids is 1. The molecule has 1 aromatic carbocycles. The SMILES string of the molecule is CC(C)Cc1ccc(C(=O)C2CC3CCC(C2)S3=O)cc1. The van der Waals surface area contributed by atoms with Gasteiger partial charge < -0.3 is 0 Å². The minimum Gasteiger partial charge on any atom is -0.294 e. The Labute approximate surface area is 129 Å². The molecule has 3 rings (SSSR count). The lowest BCUT2D eigenvalue weighted by atomic mass is 9.89. The zero-order chi connectivity index (χ0) is 15.0. The molecule has 2 aliphatic rings. The van der Waals surface area contributed by atoms with E-state index >= 15 is 0 Å². The fraction of sp³-hybridized carbons (Fsp3) is 0.611. The van der Waals surface area contributed by atoms with Crippen LogP contribution in [0, 0.1) is 11.8 Å². The average molecular weight is 304 g/mol. The lowest BCUT2D eigenvalue weighted by Crippen LogP contribution is -2.32. The quantitative estimate of drug-likeness (QED) is 0.794. The summed E-state index contributed by atoms with van der Waals surface area (Å²) in [5.41, 5.74) is 2.13. The Balaban J connectivity index is 1.69. The molecule has 2 saturated heterocycles. The van der Waals surface area contributed by atoms with Crippen molar-refractivity contribution >= 4 is 16.6 Å². The van der Waals surface area contributed by atoms with Crippen molar-refractivity contribution in [2.75, 3.05) is 0 Å². The van der Waals surface area contributed by atoms with Crippen LogP contribution in [-0.4, -0.2) is 20.5 Å². The van der Waals surface area contributed by atoms with Crippen LogP contribution in [0.3, 0.4) is 0 Å². The predicted octanol–water partition coefficient (Wildman–Crippen LogP) is 3.76. The van der Waals surface area contributed by atoms with E-state index in [1.807, 2.05) is 12.1 Å². The van der Waals surface area contributed by atoms with Crippen LogP contribution < -0.4 is 0 Å². The molecule has 0 radical (unpaired) electrons. The maximum Gasteiger partial charge on any atom is 0.166 e. The van der Waals surface area contributed by atoms with Gasteiger partial charge in [-0.05, 0) is 43.6 Å². The fourth-order valence-corrected chi connectivity index (χ4v) is 5.88. The first-order valence-electron chi connectivity index (χ1n) is 8.07. The number of carbonyl (C=O) groups is 1. The molecule has 3 heteroatoms. The first kappa shape index (κ1) is 15.0. The summed E-state index contributed by atoms with van der Waals surface area (Å²) in [5, 5.41) is 0.552. The number of hydrogen-bond acceptors (Lipinski definition) is 2. The molecule has 0 saturated carbocycles. The van der Waals surface area contributed by atoms with Crippen LogP contribution in [0.25, 0.3) is 0 Å². The van der Waals surface area contributed by atoms with Crippen molar-refractivity contribution in [3.63, 3.8) is 0 Å². The lowest BCUT2D eigenvalue weighted by Gasteiger charge is -2.26. The van der Waals surface area contributed by atoms with E-state index in [-0.39, 0.29) is 22.2 Å². The van der Waals surface area contributed by atoms with Crippen molar-refractivity contribution in [1.82, 2.24) is 0 Å². The molecule has 21 heavy (non-hydrogen) atoms. The Morgan fingerprint density at radius 1 is 1.14 bits per heavy atom. The molecule has 1 aromatic rings. The van der Waals surface area contributed by atoms with Gasteiger partial charge in [0.2, 0.25) is 0 Å². The monoisotopic (exact) mass is 304 g/mol. The molecule has 114 valence electrons. The summed E-state index contributed by atoms with van der Waals surface area (Å²) < 4.78 is 12.0. The smallest absolute Gasteiger partial charge is 0.166 e. The third-order valence-electron chi connectivity index (χ3n) is 4.82. The van der Waals surface area contributed by atoms with E-state index in [9.17, 15) is 9.00 Å². The molecule has 2 heterocycles. The molecule has 0 N–H and O–H groups in total. The molecule has 0 aliphatic carbocycles. The van der Waals surface area contributed by atoms with Gasteiger partial charge in [-0.3, -0.25) is 9.00 Å². The molecular weight excluding hydrogens is 280 g/mol. The van der Waals surface area contributed by atoms with Gasteiger partial charge in [0, 0.05) is 32.8 Å². The highest BCUT2D eigenvalue weighted by molar-refractivity contribution is 7.86. The van der Waals surface area contributed by atoms with E-state index in [2.05, 4.69) is 26.0 Å². The van der Waals surface area contributed by atoms with Crippen molar-refractivity contribution in [3.05, 3.63) is 35.4 Å². The molecule has 2 aliphatic heterocycles. The molecule has 0 aromatic heterocycles. The van der Waals surface area contributed by atoms with E-state index in [0.717, 1.165) is 37.7 Å². The number of Topliss-reactive ketones (excluding diaryl/α,β-unsaturated/α-hetero) is 1. The van der Waals surface area contributed by atoms with Gasteiger partial charge >= 0.3 is 0 Å². The van der Waals surface area contributed by atoms with Crippen molar-refractivity contribution in [2.45, 2.75) is 56.5 Å². The predicted molar refractivity (Wildman–Crippen MR) is 87.0 cm³/mol. The van der Waals surface area contributed by atoms with Gasteiger partial charge in [-0.15, -0.1) is 0 Å². The highest BCUT2D eigenvalue weighted by Crippen LogP contribution is 2.39. The zero-order valence-corrected chi connectivity index (χ0v) is 13.7. The second kappa shape index (κ2) is 6.04. The Hall–Kier alpha value is -0.960. The van der Waals surface area contributed by atoms with Crippen molar-refractivity contribution in [3.8, 4) is 0 Å². The number of ketones is 1. The lowest BCUT2D eigenvalue weighted by molar-refractivity contribution is 0.0906. The molecule has 2 nitrogen and oxygen atoms in total. The fourth-order valence-electron chi connectivity index (χ4n) is 3.76. The van der Waals surface area contributed by atoms with E-state index < -0.39 is 10.8 Å². The van der Waals surface area contributed by atoms with Gasteiger partial charge in [-0.2, -0.15) is 0 Å². The largest absolute Gasteiger partial charge is 0.294 e. The van der Waals surface area contributed by atoms with Gasteiger partial charge in [0.1, 0.15) is 0 Å². The van der Waals surface area contributed by atoms with E-state index in [1.54, 1.807) is 0 Å². The Kier molecular flexibility index (Phi) is 4.30. The van der Waals surface area contributed by atoms with Gasteiger partial charge in [0.05, 0.1) is 0 Å². The van der Waals surface area contributed by atoms with Crippen molar-refractivity contribution in [2.24, 2.45) is 11.8 Å². The van der Waals surface area contributed by atoms with Gasteiger partial charge in [-0.1, -0.05) is 38.1 Å². The van der Waals surface area contributed by atoms with Crippen LogP contribution in [0.1, 0.15) is 55.5 Å². The van der Waals surface area contributed by atoms with Crippen LogP contribution in [0.2, 0.25) is 0 Å². The summed E-state index contributed by atoms with van der Waals surface area (Å²) in [6, 6.07) is 8.13. The van der Waals surface area contributed by atoms with Crippen LogP contribution in [0.15, 0.2) is 24.3 Å². The first-order chi connectivity index (χ1) is 10.0. The zero-order valence-electron chi connectivity index (χ0n) is 12.9. The summed E-state index contributed by atoms with van der Waals surface area (Å²) in [4.78, 5) is 12.7. The van der Waals surface area contributed by atoms with E-state index in [0.29, 0.717) is 5.92 Å². The van der Waals surface area contributed by atoms with E-state index in [1.165, 1.54) is 5.56 Å². The minimum absolute atomic E-state index is 0.0937. The third-order valence-corrected chi connectivity index (χ3v) is 6.99. The molecule has 2 fully saturated rings. The summed E-state index contributed by atoms with van der Waals surface area (Å²) in [6.45, 7) is 4.41. The molecule has 2 atom stereocenters. The molecular formula is C18H24O2S. The Bertz CT molecular complexity index is 531. The standard InChI is InChI=1S/C18H24O2S/c1-12(2)9-13-3-5-14(6-4-13)18(19)15-10-16-7-8-17(11-15)21(16)20/h3-6,12,15-17H,7-11H2,1-2H3. The van der Waals surface area contributed by atoms with Crippen molar-refractivity contribution < 1.29 is 9.00 Å². The molecule has 0 spiro atoms. The third kappa shape index (κ3) is 3.13. The maximum atomic E-state index is 12.7. The molecule has 2 bridgehead atoms. The number of benzene rings is 1. The topological polar surface area (TPSA) is 34.1 Å². The summed E-state index contributed by atoms with van der Waals surface area (Å²) in [7, 11) is -0.675. The summed E-state index contributed by atoms with van der Waals surface area (Å²) in [5.74, 6) is 0.992. The number of hydrogen-bond donors (Lipinski definition) is 0. The number of rotatable bonds is 4. The number of fused-ring (bicyclic) bond motifs is 2. The summed E-state index contributed by atoms with van der Waals surface area (Å²) in [6.07, 6.45) is 4.81. The minimum atomic E-state index is -0.675. The highest BCUT2D eigenvalue weighted by atomic mass is 32.2. The van der Waals surface area contributed by atoms with Gasteiger partial charge in [0.25, 0.3) is 0 Å².